The average Bonchev–Trinajstić information content (AvgIpc) is 3.13. The molecule has 2 aromatic rings. The lowest BCUT2D eigenvalue weighted by atomic mass is 10.0. The lowest BCUT2D eigenvalue weighted by Gasteiger charge is -2.37. The number of carbonyl (C=O) groups is 2. The molecule has 0 unspecified atom stereocenters. The summed E-state index contributed by atoms with van der Waals surface area (Å²) in [4.78, 5) is 28.6. The van der Waals surface area contributed by atoms with E-state index in [4.69, 9.17) is 16.1 Å². The number of hydrogen-bond donors (Lipinski definition) is 1. The minimum atomic E-state index is -0.163. The number of likely N-dealkylation sites (tertiary alicyclic amines) is 1. The van der Waals surface area contributed by atoms with Crippen molar-refractivity contribution in [1.29, 1.82) is 0 Å². The van der Waals surface area contributed by atoms with E-state index in [1.54, 1.807) is 29.8 Å². The Labute approximate surface area is 169 Å². The van der Waals surface area contributed by atoms with E-state index in [1.165, 1.54) is 0 Å². The molecular formula is C20H25ClN4O3. The highest BCUT2D eigenvalue weighted by atomic mass is 35.5. The highest BCUT2D eigenvalue weighted by molar-refractivity contribution is 6.31. The number of aryl methyl sites for hydroxylation is 2. The third-order valence-corrected chi connectivity index (χ3v) is 5.49. The standard InChI is InChI=1S/C20H25ClN4O3/c1-13-9-15(6-7-17(13)21)11-22-20(27)24(3)16-5-4-8-25(12-16)19(26)18-10-14(2)28-23-18/h6-7,9-10,16H,4-5,8,11-12H2,1-3H3,(H,22,27)/t16-/m1/s1. The van der Waals surface area contributed by atoms with Gasteiger partial charge in [0.1, 0.15) is 5.76 Å². The first-order chi connectivity index (χ1) is 13.3. The second-order valence-corrected chi connectivity index (χ2v) is 7.63. The molecule has 1 saturated heterocycles. The van der Waals surface area contributed by atoms with E-state index in [-0.39, 0.29) is 18.0 Å². The number of amides is 3. The van der Waals surface area contributed by atoms with Crippen molar-refractivity contribution >= 4 is 23.5 Å². The van der Waals surface area contributed by atoms with Crippen molar-refractivity contribution in [2.24, 2.45) is 0 Å². The molecule has 0 aliphatic carbocycles. The van der Waals surface area contributed by atoms with Crippen LogP contribution < -0.4 is 5.32 Å². The van der Waals surface area contributed by atoms with Gasteiger partial charge in [0.25, 0.3) is 5.91 Å². The number of carbonyl (C=O) groups excluding carboxylic acids is 2. The predicted molar refractivity (Wildman–Crippen MR) is 106 cm³/mol. The minimum absolute atomic E-state index is 0.0438. The quantitative estimate of drug-likeness (QED) is 0.847. The van der Waals surface area contributed by atoms with Crippen molar-refractivity contribution in [2.75, 3.05) is 20.1 Å². The van der Waals surface area contributed by atoms with E-state index in [2.05, 4.69) is 10.5 Å². The summed E-state index contributed by atoms with van der Waals surface area (Å²) in [5.41, 5.74) is 2.28. The average molecular weight is 405 g/mol. The van der Waals surface area contributed by atoms with Gasteiger partial charge in [0.05, 0.1) is 6.04 Å². The molecule has 1 aromatic carbocycles. The van der Waals surface area contributed by atoms with Gasteiger partial charge < -0.3 is 19.6 Å². The molecule has 1 atom stereocenters. The molecule has 150 valence electrons. The molecule has 7 nitrogen and oxygen atoms in total. The number of likely N-dealkylation sites (N-methyl/N-ethyl adjacent to an activating group) is 1. The Morgan fingerprint density at radius 3 is 2.82 bits per heavy atom. The maximum atomic E-state index is 12.6. The van der Waals surface area contributed by atoms with Crippen molar-refractivity contribution in [2.45, 2.75) is 39.3 Å². The predicted octanol–water partition coefficient (Wildman–Crippen LogP) is 3.39. The van der Waals surface area contributed by atoms with Gasteiger partial charge in [-0.1, -0.05) is 28.9 Å². The number of halogens is 1. The topological polar surface area (TPSA) is 78.7 Å². The zero-order chi connectivity index (χ0) is 20.3. The molecule has 1 fully saturated rings. The highest BCUT2D eigenvalue weighted by Crippen LogP contribution is 2.18. The first kappa shape index (κ1) is 20.2. The summed E-state index contributed by atoms with van der Waals surface area (Å²) < 4.78 is 5.00. The normalized spacial score (nSPS) is 16.7. The number of hydrogen-bond acceptors (Lipinski definition) is 4. The van der Waals surface area contributed by atoms with Gasteiger partial charge in [-0.2, -0.15) is 0 Å². The smallest absolute Gasteiger partial charge is 0.317 e. The van der Waals surface area contributed by atoms with Crippen LogP contribution in [0.1, 0.15) is 40.2 Å². The molecule has 0 saturated carbocycles. The van der Waals surface area contributed by atoms with E-state index >= 15 is 0 Å². The van der Waals surface area contributed by atoms with Crippen LogP contribution >= 0.6 is 11.6 Å². The van der Waals surface area contributed by atoms with Crippen LogP contribution in [-0.2, 0) is 6.54 Å². The zero-order valence-corrected chi connectivity index (χ0v) is 17.1. The summed E-state index contributed by atoms with van der Waals surface area (Å²) in [5, 5.41) is 7.45. The number of nitrogens with one attached hydrogen (secondary N) is 1. The van der Waals surface area contributed by atoms with E-state index < -0.39 is 0 Å². The van der Waals surface area contributed by atoms with Crippen molar-refractivity contribution in [3.05, 3.63) is 51.9 Å². The Kier molecular flexibility index (Phi) is 6.24. The third kappa shape index (κ3) is 4.65. The fraction of sp³-hybridized carbons (Fsp3) is 0.450. The van der Waals surface area contributed by atoms with Crippen LogP contribution in [0.15, 0.2) is 28.8 Å². The molecular weight excluding hydrogens is 380 g/mol. The maximum Gasteiger partial charge on any atom is 0.317 e. The summed E-state index contributed by atoms with van der Waals surface area (Å²) in [6, 6.07) is 7.12. The molecule has 0 radical (unpaired) electrons. The third-order valence-electron chi connectivity index (χ3n) is 5.06. The van der Waals surface area contributed by atoms with Crippen molar-refractivity contribution < 1.29 is 14.1 Å². The van der Waals surface area contributed by atoms with Crippen molar-refractivity contribution in [3.63, 3.8) is 0 Å². The zero-order valence-electron chi connectivity index (χ0n) is 16.4. The second kappa shape index (κ2) is 8.65. The lowest BCUT2D eigenvalue weighted by molar-refractivity contribution is 0.0626. The van der Waals surface area contributed by atoms with Crippen LogP contribution in [0.5, 0.6) is 0 Å². The number of rotatable bonds is 4. The molecule has 8 heteroatoms. The van der Waals surface area contributed by atoms with Crippen molar-refractivity contribution in [1.82, 2.24) is 20.3 Å². The van der Waals surface area contributed by atoms with Crippen LogP contribution in [-0.4, -0.2) is 53.1 Å². The van der Waals surface area contributed by atoms with Gasteiger partial charge in [0, 0.05) is 37.8 Å². The van der Waals surface area contributed by atoms with Gasteiger partial charge in [0.2, 0.25) is 0 Å². The van der Waals surface area contributed by atoms with Crippen LogP contribution in [0.25, 0.3) is 0 Å². The number of nitrogens with zero attached hydrogens (tertiary/aromatic N) is 3. The number of piperidine rings is 1. The summed E-state index contributed by atoms with van der Waals surface area (Å²) in [7, 11) is 1.77. The fourth-order valence-electron chi connectivity index (χ4n) is 3.37. The fourth-order valence-corrected chi connectivity index (χ4v) is 3.49. The van der Waals surface area contributed by atoms with Crippen molar-refractivity contribution in [3.8, 4) is 0 Å². The molecule has 1 aliphatic rings. The number of urea groups is 1. The van der Waals surface area contributed by atoms with Gasteiger partial charge in [-0.3, -0.25) is 4.79 Å². The molecule has 28 heavy (non-hydrogen) atoms. The summed E-state index contributed by atoms with van der Waals surface area (Å²) in [5.74, 6) is 0.442. The Morgan fingerprint density at radius 2 is 2.14 bits per heavy atom. The van der Waals surface area contributed by atoms with Gasteiger partial charge in [-0.15, -0.1) is 0 Å². The van der Waals surface area contributed by atoms with E-state index in [1.807, 2.05) is 25.1 Å². The Hall–Kier alpha value is -2.54. The number of aromatic nitrogens is 1. The Morgan fingerprint density at radius 1 is 1.36 bits per heavy atom. The van der Waals surface area contributed by atoms with Gasteiger partial charge in [-0.05, 0) is 43.9 Å². The van der Waals surface area contributed by atoms with E-state index in [0.717, 1.165) is 24.0 Å². The highest BCUT2D eigenvalue weighted by Gasteiger charge is 2.30. The molecule has 0 bridgehead atoms. The number of benzene rings is 1. The summed E-state index contributed by atoms with van der Waals surface area (Å²) in [6.07, 6.45) is 1.69. The lowest BCUT2D eigenvalue weighted by Crippen LogP contribution is -2.52. The monoisotopic (exact) mass is 404 g/mol. The molecule has 1 N–H and O–H groups in total. The maximum absolute atomic E-state index is 12.6. The van der Waals surface area contributed by atoms with Crippen LogP contribution in [0, 0.1) is 13.8 Å². The molecule has 3 rings (SSSR count). The van der Waals surface area contributed by atoms with Gasteiger partial charge >= 0.3 is 6.03 Å². The molecule has 3 amide bonds. The summed E-state index contributed by atoms with van der Waals surface area (Å²) >= 11 is 6.04. The SMILES string of the molecule is Cc1cc(C(=O)N2CCC[C@@H](N(C)C(=O)NCc3ccc(Cl)c(C)c3)C2)no1. The molecule has 0 spiro atoms. The van der Waals surface area contributed by atoms with Crippen LogP contribution in [0.3, 0.4) is 0 Å². The molecule has 1 aromatic heterocycles. The van der Waals surface area contributed by atoms with Crippen LogP contribution in [0.2, 0.25) is 5.02 Å². The minimum Gasteiger partial charge on any atom is -0.361 e. The summed E-state index contributed by atoms with van der Waals surface area (Å²) in [6.45, 7) is 5.25. The molecule has 1 aliphatic heterocycles. The Balaban J connectivity index is 1.56. The second-order valence-electron chi connectivity index (χ2n) is 7.22. The van der Waals surface area contributed by atoms with E-state index in [9.17, 15) is 9.59 Å². The first-order valence-corrected chi connectivity index (χ1v) is 9.71. The van der Waals surface area contributed by atoms with E-state index in [0.29, 0.717) is 36.1 Å². The van der Waals surface area contributed by atoms with Gasteiger partial charge in [0.15, 0.2) is 5.69 Å². The Bertz CT molecular complexity index is 867. The van der Waals surface area contributed by atoms with Crippen LogP contribution in [0.4, 0.5) is 4.79 Å². The first-order valence-electron chi connectivity index (χ1n) is 9.33. The van der Waals surface area contributed by atoms with Gasteiger partial charge in [-0.25, -0.2) is 4.79 Å². The largest absolute Gasteiger partial charge is 0.361 e. The molecule has 2 heterocycles.